The fourth-order valence-corrected chi connectivity index (χ4v) is 5.50. The number of hydrogen-bond acceptors (Lipinski definition) is 4. The van der Waals surface area contributed by atoms with Gasteiger partial charge in [-0.3, -0.25) is 14.4 Å². The van der Waals surface area contributed by atoms with Crippen molar-refractivity contribution < 1.29 is 14.4 Å². The number of fused-ring (bicyclic) bond motifs is 1. The first-order chi connectivity index (χ1) is 20.4. The highest BCUT2D eigenvalue weighted by Crippen LogP contribution is 2.34. The smallest absolute Gasteiger partial charge is 0.252 e. The molecule has 1 aliphatic heterocycles. The zero-order chi connectivity index (χ0) is 29.5. The van der Waals surface area contributed by atoms with Crippen molar-refractivity contribution in [3.05, 3.63) is 119 Å². The maximum atomic E-state index is 14.3. The number of benzene rings is 3. The van der Waals surface area contributed by atoms with Gasteiger partial charge in [-0.05, 0) is 48.7 Å². The highest BCUT2D eigenvalue weighted by atomic mass is 35.5. The fourth-order valence-electron chi connectivity index (χ4n) is 5.23. The van der Waals surface area contributed by atoms with E-state index >= 15 is 0 Å². The SMILES string of the molecule is CCCC(=O)Nc1cccc(C(=O)NC(Cc2ccccc2)C(=O)N2CC=CCC2c2cc3ccccc3nc2Cl)c1. The van der Waals surface area contributed by atoms with Gasteiger partial charge in [0.25, 0.3) is 5.91 Å². The number of aromatic nitrogens is 1. The van der Waals surface area contributed by atoms with Crippen molar-refractivity contribution in [1.82, 2.24) is 15.2 Å². The molecule has 7 nitrogen and oxygen atoms in total. The second-order valence-electron chi connectivity index (χ2n) is 10.4. The molecule has 0 radical (unpaired) electrons. The summed E-state index contributed by atoms with van der Waals surface area (Å²) in [6.07, 6.45) is 6.02. The summed E-state index contributed by atoms with van der Waals surface area (Å²) in [5, 5.41) is 7.11. The molecular formula is C34H33ClN4O3. The van der Waals surface area contributed by atoms with Gasteiger partial charge in [-0.2, -0.15) is 0 Å². The molecule has 5 rings (SSSR count). The van der Waals surface area contributed by atoms with Crippen molar-refractivity contribution in [3.8, 4) is 0 Å². The summed E-state index contributed by atoms with van der Waals surface area (Å²) in [4.78, 5) is 46.2. The van der Waals surface area contributed by atoms with Crippen LogP contribution in [-0.2, 0) is 16.0 Å². The molecule has 2 heterocycles. The second kappa shape index (κ2) is 13.4. The van der Waals surface area contributed by atoms with Gasteiger partial charge in [0.1, 0.15) is 11.2 Å². The minimum absolute atomic E-state index is 0.113. The number of carbonyl (C=O) groups is 3. The summed E-state index contributed by atoms with van der Waals surface area (Å²) in [6.45, 7) is 2.31. The first-order valence-electron chi connectivity index (χ1n) is 14.2. The van der Waals surface area contributed by atoms with Crippen LogP contribution in [0.3, 0.4) is 0 Å². The monoisotopic (exact) mass is 580 g/mol. The highest BCUT2D eigenvalue weighted by molar-refractivity contribution is 6.30. The van der Waals surface area contributed by atoms with E-state index < -0.39 is 11.9 Å². The summed E-state index contributed by atoms with van der Waals surface area (Å²) >= 11 is 6.68. The Labute approximate surface area is 250 Å². The van der Waals surface area contributed by atoms with E-state index in [1.54, 1.807) is 29.2 Å². The highest BCUT2D eigenvalue weighted by Gasteiger charge is 2.33. The quantitative estimate of drug-likeness (QED) is 0.175. The maximum absolute atomic E-state index is 14.3. The van der Waals surface area contributed by atoms with Crippen LogP contribution in [-0.4, -0.2) is 40.2 Å². The van der Waals surface area contributed by atoms with Gasteiger partial charge in [0.15, 0.2) is 0 Å². The molecule has 4 aromatic rings. The van der Waals surface area contributed by atoms with Crippen LogP contribution in [0.5, 0.6) is 0 Å². The van der Waals surface area contributed by atoms with Crippen LogP contribution < -0.4 is 10.6 Å². The Bertz CT molecular complexity index is 1620. The lowest BCUT2D eigenvalue weighted by Crippen LogP contribution is -2.51. The molecule has 214 valence electrons. The topological polar surface area (TPSA) is 91.4 Å². The average Bonchev–Trinajstić information content (AvgIpc) is 3.01. The molecule has 42 heavy (non-hydrogen) atoms. The molecular weight excluding hydrogens is 548 g/mol. The first kappa shape index (κ1) is 29.0. The lowest BCUT2D eigenvalue weighted by molar-refractivity contribution is -0.135. The van der Waals surface area contributed by atoms with E-state index in [2.05, 4.69) is 15.6 Å². The Balaban J connectivity index is 1.43. The Kier molecular flexibility index (Phi) is 9.29. The van der Waals surface area contributed by atoms with Gasteiger partial charge < -0.3 is 15.5 Å². The molecule has 2 N–H and O–H groups in total. The average molecular weight is 581 g/mol. The first-order valence-corrected chi connectivity index (χ1v) is 14.6. The van der Waals surface area contributed by atoms with Gasteiger partial charge in [-0.1, -0.05) is 85.3 Å². The molecule has 1 aromatic heterocycles. The second-order valence-corrected chi connectivity index (χ2v) is 10.7. The van der Waals surface area contributed by atoms with Gasteiger partial charge in [0.05, 0.1) is 11.6 Å². The van der Waals surface area contributed by atoms with E-state index in [0.717, 1.165) is 28.5 Å². The fraction of sp³-hybridized carbons (Fsp3) is 0.235. The number of pyridine rings is 1. The van der Waals surface area contributed by atoms with E-state index in [9.17, 15) is 14.4 Å². The van der Waals surface area contributed by atoms with Crippen LogP contribution >= 0.6 is 11.6 Å². The standard InChI is InChI=1S/C34H33ClN4O3/c1-2-11-31(40)36-26-16-10-15-25(21-26)33(41)38-29(20-23-12-4-3-5-13-23)34(42)39-19-9-8-18-30(39)27-22-24-14-6-7-17-28(24)37-32(27)35/h3-10,12-17,21-22,29-30H,2,11,18-20H2,1H3,(H,36,40)(H,38,41). The van der Waals surface area contributed by atoms with Crippen LogP contribution in [0.25, 0.3) is 10.9 Å². The Morgan fingerprint density at radius 2 is 1.76 bits per heavy atom. The Morgan fingerprint density at radius 3 is 2.57 bits per heavy atom. The van der Waals surface area contributed by atoms with Crippen LogP contribution in [0.1, 0.15) is 53.7 Å². The largest absolute Gasteiger partial charge is 0.340 e. The van der Waals surface area contributed by atoms with E-state index in [0.29, 0.717) is 42.2 Å². The van der Waals surface area contributed by atoms with E-state index in [1.807, 2.05) is 79.7 Å². The zero-order valence-electron chi connectivity index (χ0n) is 23.4. The third-order valence-electron chi connectivity index (χ3n) is 7.32. The number of halogens is 1. The van der Waals surface area contributed by atoms with Gasteiger partial charge >= 0.3 is 0 Å². The summed E-state index contributed by atoms with van der Waals surface area (Å²) in [6, 6.07) is 24.9. The number of anilines is 1. The summed E-state index contributed by atoms with van der Waals surface area (Å²) in [5.41, 5.74) is 3.37. The lowest BCUT2D eigenvalue weighted by atomic mass is 9.96. The molecule has 2 unspecified atom stereocenters. The van der Waals surface area contributed by atoms with Crippen molar-refractivity contribution in [2.75, 3.05) is 11.9 Å². The Hall–Kier alpha value is -4.49. The van der Waals surface area contributed by atoms with Gasteiger partial charge in [0, 0.05) is 41.6 Å². The van der Waals surface area contributed by atoms with Gasteiger partial charge in [0.2, 0.25) is 11.8 Å². The summed E-state index contributed by atoms with van der Waals surface area (Å²) in [5.74, 6) is -0.721. The number of hydrogen-bond donors (Lipinski definition) is 2. The van der Waals surface area contributed by atoms with Crippen molar-refractivity contribution >= 4 is 45.9 Å². The van der Waals surface area contributed by atoms with Crippen LogP contribution in [0.2, 0.25) is 5.15 Å². The molecule has 2 atom stereocenters. The lowest BCUT2D eigenvalue weighted by Gasteiger charge is -2.36. The number of amides is 3. The minimum atomic E-state index is -0.834. The molecule has 0 saturated heterocycles. The molecule has 1 aliphatic rings. The third-order valence-corrected chi connectivity index (χ3v) is 7.63. The third kappa shape index (κ3) is 6.86. The van der Waals surface area contributed by atoms with E-state index in [-0.39, 0.29) is 17.9 Å². The zero-order valence-corrected chi connectivity index (χ0v) is 24.2. The predicted molar refractivity (Wildman–Crippen MR) is 166 cm³/mol. The number of nitrogens with one attached hydrogen (secondary N) is 2. The van der Waals surface area contributed by atoms with E-state index in [1.165, 1.54) is 0 Å². The molecule has 0 saturated carbocycles. The van der Waals surface area contributed by atoms with E-state index in [4.69, 9.17) is 11.6 Å². The van der Waals surface area contributed by atoms with Crippen molar-refractivity contribution in [2.45, 2.75) is 44.7 Å². The molecule has 8 heteroatoms. The number of rotatable bonds is 9. The summed E-state index contributed by atoms with van der Waals surface area (Å²) < 4.78 is 0. The molecule has 0 aliphatic carbocycles. The van der Waals surface area contributed by atoms with Crippen LogP contribution in [0.15, 0.2) is 97.1 Å². The van der Waals surface area contributed by atoms with Gasteiger partial charge in [-0.25, -0.2) is 4.98 Å². The molecule has 0 bridgehead atoms. The maximum Gasteiger partial charge on any atom is 0.252 e. The Morgan fingerprint density at radius 1 is 0.976 bits per heavy atom. The number of para-hydroxylation sites is 1. The van der Waals surface area contributed by atoms with Crippen LogP contribution in [0.4, 0.5) is 5.69 Å². The number of carbonyl (C=O) groups excluding carboxylic acids is 3. The molecule has 0 fully saturated rings. The van der Waals surface area contributed by atoms with Gasteiger partial charge in [-0.15, -0.1) is 0 Å². The molecule has 3 amide bonds. The molecule has 3 aromatic carbocycles. The van der Waals surface area contributed by atoms with Crippen molar-refractivity contribution in [2.24, 2.45) is 0 Å². The predicted octanol–water partition coefficient (Wildman–Crippen LogP) is 6.50. The van der Waals surface area contributed by atoms with Crippen molar-refractivity contribution in [1.29, 1.82) is 0 Å². The van der Waals surface area contributed by atoms with Crippen LogP contribution in [0, 0.1) is 0 Å². The normalized spacial score (nSPS) is 15.3. The van der Waals surface area contributed by atoms with Crippen molar-refractivity contribution in [3.63, 3.8) is 0 Å². The number of nitrogens with zero attached hydrogens (tertiary/aromatic N) is 2. The molecule has 0 spiro atoms. The summed E-state index contributed by atoms with van der Waals surface area (Å²) in [7, 11) is 0. The minimum Gasteiger partial charge on any atom is -0.340 e.